The van der Waals surface area contributed by atoms with Crippen LogP contribution in [0, 0.1) is 11.8 Å². The van der Waals surface area contributed by atoms with Crippen molar-refractivity contribution in [3.63, 3.8) is 0 Å². The number of aromatic nitrogens is 2. The highest BCUT2D eigenvalue weighted by molar-refractivity contribution is 6.31. The molecule has 2 amide bonds. The topological polar surface area (TPSA) is 82.7 Å². The molecule has 0 unspecified atom stereocenters. The van der Waals surface area contributed by atoms with Gasteiger partial charge in [-0.2, -0.15) is 5.10 Å². The van der Waals surface area contributed by atoms with Crippen LogP contribution in [0.25, 0.3) is 11.3 Å². The van der Waals surface area contributed by atoms with Gasteiger partial charge in [-0.15, -0.1) is 0 Å². The molecule has 2 fully saturated rings. The summed E-state index contributed by atoms with van der Waals surface area (Å²) in [5.41, 5.74) is 13.8. The van der Waals surface area contributed by atoms with Gasteiger partial charge in [0, 0.05) is 97.8 Å². The molecule has 3 heterocycles. The molecule has 7 rings (SSSR count). The van der Waals surface area contributed by atoms with Gasteiger partial charge in [-0.3, -0.25) is 9.58 Å². The first-order chi connectivity index (χ1) is 23.9. The van der Waals surface area contributed by atoms with Crippen LogP contribution in [0.1, 0.15) is 52.8 Å². The molecule has 0 radical (unpaired) electrons. The maximum atomic E-state index is 12.2. The van der Waals surface area contributed by atoms with Crippen LogP contribution in [0.15, 0.2) is 66.7 Å². The molecule has 0 atom stereocenters. The van der Waals surface area contributed by atoms with Crippen LogP contribution in [0.5, 0.6) is 0 Å². The van der Waals surface area contributed by atoms with E-state index in [4.69, 9.17) is 34.0 Å². The summed E-state index contributed by atoms with van der Waals surface area (Å²) in [6, 6.07) is 22.5. The summed E-state index contributed by atoms with van der Waals surface area (Å²) < 4.78 is 2.16. The van der Waals surface area contributed by atoms with E-state index in [1.165, 1.54) is 42.8 Å². The average Bonchev–Trinajstić information content (AvgIpc) is 3.91. The van der Waals surface area contributed by atoms with Crippen LogP contribution in [-0.4, -0.2) is 75.8 Å². The summed E-state index contributed by atoms with van der Waals surface area (Å²) >= 11 is 12.6. The Hall–Kier alpha value is -3.84. The number of hydrogen-bond acceptors (Lipinski definition) is 5. The SMILES string of the molecule is NC(=O)N1CCc2c(c(-c3ccc(Cl)c(C#Cc4ccc(CNCc5ccc(Cl)cc5)cc4)c3)nn2CCCN2CCN(C3CC3)CC2)C1. The van der Waals surface area contributed by atoms with Crippen LogP contribution in [0.4, 0.5) is 4.79 Å². The van der Waals surface area contributed by atoms with E-state index in [1.807, 2.05) is 54.6 Å². The van der Waals surface area contributed by atoms with E-state index in [0.29, 0.717) is 18.1 Å². The van der Waals surface area contributed by atoms with Gasteiger partial charge in [-0.05, 0) is 73.3 Å². The summed E-state index contributed by atoms with van der Waals surface area (Å²) in [7, 11) is 0. The molecule has 1 saturated carbocycles. The molecule has 4 aromatic rings. The number of rotatable bonds is 10. The third-order valence-corrected chi connectivity index (χ3v) is 10.4. The predicted octanol–water partition coefficient (Wildman–Crippen LogP) is 6.15. The fourth-order valence-electron chi connectivity index (χ4n) is 6.90. The van der Waals surface area contributed by atoms with Crippen molar-refractivity contribution >= 4 is 29.2 Å². The van der Waals surface area contributed by atoms with E-state index < -0.39 is 6.03 Å². The number of nitrogens with zero attached hydrogens (tertiary/aromatic N) is 5. The Morgan fingerprint density at radius 2 is 1.59 bits per heavy atom. The minimum Gasteiger partial charge on any atom is -0.351 e. The summed E-state index contributed by atoms with van der Waals surface area (Å²) in [5.74, 6) is 6.58. The number of urea groups is 1. The quantitative estimate of drug-likeness (QED) is 0.195. The number of halogens is 2. The van der Waals surface area contributed by atoms with Crippen LogP contribution < -0.4 is 11.1 Å². The lowest BCUT2D eigenvalue weighted by Gasteiger charge is -2.34. The molecular formula is C39H43Cl2N7O. The van der Waals surface area contributed by atoms with Gasteiger partial charge in [0.05, 0.1) is 17.3 Å². The second-order valence-corrected chi connectivity index (χ2v) is 14.2. The maximum Gasteiger partial charge on any atom is 0.315 e. The number of amides is 2. The lowest BCUT2D eigenvalue weighted by Crippen LogP contribution is -2.47. The Labute approximate surface area is 299 Å². The van der Waals surface area contributed by atoms with Gasteiger partial charge in [0.1, 0.15) is 0 Å². The van der Waals surface area contributed by atoms with Gasteiger partial charge in [0.25, 0.3) is 0 Å². The fourth-order valence-corrected chi connectivity index (χ4v) is 7.19. The number of carbonyl (C=O) groups is 1. The van der Waals surface area contributed by atoms with Crippen LogP contribution in [-0.2, 0) is 32.6 Å². The van der Waals surface area contributed by atoms with Gasteiger partial charge in [-0.25, -0.2) is 4.79 Å². The normalized spacial score (nSPS) is 16.7. The summed E-state index contributed by atoms with van der Waals surface area (Å²) in [4.78, 5) is 19.1. The highest BCUT2D eigenvalue weighted by atomic mass is 35.5. The molecular weight excluding hydrogens is 653 g/mol. The smallest absolute Gasteiger partial charge is 0.315 e. The molecule has 3 aliphatic rings. The number of primary amides is 1. The van der Waals surface area contributed by atoms with E-state index in [2.05, 4.69) is 43.8 Å². The predicted molar refractivity (Wildman–Crippen MR) is 196 cm³/mol. The summed E-state index contributed by atoms with van der Waals surface area (Å²) in [6.07, 6.45) is 4.52. The zero-order valence-electron chi connectivity index (χ0n) is 27.8. The van der Waals surface area contributed by atoms with Crippen molar-refractivity contribution in [2.45, 2.75) is 57.9 Å². The van der Waals surface area contributed by atoms with Crippen molar-refractivity contribution in [1.82, 2.24) is 29.8 Å². The fraction of sp³-hybridized carbons (Fsp3) is 0.385. The number of piperazine rings is 1. The molecule has 8 nitrogen and oxygen atoms in total. The number of benzene rings is 3. The maximum absolute atomic E-state index is 12.2. The van der Waals surface area contributed by atoms with Crippen molar-refractivity contribution < 1.29 is 4.79 Å². The van der Waals surface area contributed by atoms with E-state index >= 15 is 0 Å². The molecule has 1 aromatic heterocycles. The molecule has 3 N–H and O–H groups in total. The van der Waals surface area contributed by atoms with E-state index in [0.717, 1.165) is 91.1 Å². The molecule has 49 heavy (non-hydrogen) atoms. The average molecular weight is 697 g/mol. The first-order valence-electron chi connectivity index (χ1n) is 17.3. The first kappa shape index (κ1) is 33.6. The number of carbonyl (C=O) groups excluding carboxylic acids is 1. The molecule has 3 aromatic carbocycles. The number of aryl methyl sites for hydroxylation is 1. The second kappa shape index (κ2) is 15.4. The number of nitrogens with two attached hydrogens (primary N) is 1. The minimum atomic E-state index is -0.402. The Morgan fingerprint density at radius 3 is 2.29 bits per heavy atom. The van der Waals surface area contributed by atoms with Crippen LogP contribution in [0.2, 0.25) is 10.0 Å². The number of fused-ring (bicyclic) bond motifs is 1. The lowest BCUT2D eigenvalue weighted by molar-refractivity contribution is 0.124. The van der Waals surface area contributed by atoms with Crippen molar-refractivity contribution in [3.05, 3.63) is 110 Å². The van der Waals surface area contributed by atoms with Crippen molar-refractivity contribution in [2.75, 3.05) is 39.3 Å². The first-order valence-corrected chi connectivity index (χ1v) is 18.1. The van der Waals surface area contributed by atoms with Crippen LogP contribution in [0.3, 0.4) is 0 Å². The third kappa shape index (κ3) is 8.49. The molecule has 1 aliphatic carbocycles. The van der Waals surface area contributed by atoms with Gasteiger partial charge in [0.15, 0.2) is 0 Å². The third-order valence-electron chi connectivity index (χ3n) is 9.87. The summed E-state index contributed by atoms with van der Waals surface area (Å²) in [6.45, 7) is 9.15. The zero-order chi connectivity index (χ0) is 33.7. The highest BCUT2D eigenvalue weighted by Crippen LogP contribution is 2.32. The Kier molecular flexibility index (Phi) is 10.6. The molecule has 2 aliphatic heterocycles. The van der Waals surface area contributed by atoms with Gasteiger partial charge < -0.3 is 20.9 Å². The Balaban J connectivity index is 1.03. The molecule has 1 saturated heterocycles. The van der Waals surface area contributed by atoms with Crippen molar-refractivity contribution in [1.29, 1.82) is 0 Å². The number of nitrogens with one attached hydrogen (secondary N) is 1. The monoisotopic (exact) mass is 695 g/mol. The Morgan fingerprint density at radius 1 is 0.878 bits per heavy atom. The van der Waals surface area contributed by atoms with Crippen molar-refractivity contribution in [3.8, 4) is 23.1 Å². The largest absolute Gasteiger partial charge is 0.351 e. The van der Waals surface area contributed by atoms with E-state index in [-0.39, 0.29) is 0 Å². The van der Waals surface area contributed by atoms with E-state index in [1.54, 1.807) is 4.90 Å². The molecule has 0 spiro atoms. The van der Waals surface area contributed by atoms with Crippen molar-refractivity contribution in [2.24, 2.45) is 5.73 Å². The lowest BCUT2D eigenvalue weighted by atomic mass is 9.99. The van der Waals surface area contributed by atoms with Gasteiger partial charge in [0.2, 0.25) is 0 Å². The molecule has 0 bridgehead atoms. The zero-order valence-corrected chi connectivity index (χ0v) is 29.3. The highest BCUT2D eigenvalue weighted by Gasteiger charge is 2.31. The number of hydrogen-bond donors (Lipinski definition) is 2. The minimum absolute atomic E-state index is 0.402. The Bertz CT molecular complexity index is 1830. The standard InChI is InChI=1S/C39H43Cl2N7O/c40-33-11-7-30(8-12-33)26-43-25-29-4-2-28(3-5-29)6-9-31-24-32(10-15-36(31)41)38-35-27-47(39(42)49)19-16-37(35)48(44-38)18-1-17-45-20-22-46(23-21-45)34-13-14-34/h2-5,7-8,10-12,15,24,34,43H,1,13-14,16-23,25-27H2,(H2,42,49). The molecule has 10 heteroatoms. The van der Waals surface area contributed by atoms with E-state index in [9.17, 15) is 4.79 Å². The van der Waals surface area contributed by atoms with Crippen LogP contribution >= 0.6 is 23.2 Å². The second-order valence-electron chi connectivity index (χ2n) is 13.3. The van der Waals surface area contributed by atoms with Gasteiger partial charge >= 0.3 is 6.03 Å². The van der Waals surface area contributed by atoms with Gasteiger partial charge in [-0.1, -0.05) is 65.4 Å². The summed E-state index contributed by atoms with van der Waals surface area (Å²) in [5, 5.41) is 9.94. The molecule has 254 valence electrons.